The minimum absolute atomic E-state index is 0.0380. The van der Waals surface area contributed by atoms with Gasteiger partial charge in [-0.15, -0.1) is 0 Å². The topological polar surface area (TPSA) is 83.5 Å². The summed E-state index contributed by atoms with van der Waals surface area (Å²) in [6, 6.07) is 0.956. The molecule has 0 spiro atoms. The average molecular weight is 234 g/mol. The highest BCUT2D eigenvalue weighted by Gasteiger charge is 2.19. The summed E-state index contributed by atoms with van der Waals surface area (Å²) in [5.41, 5.74) is 5.03. The predicted molar refractivity (Wildman–Crippen MR) is 52.4 cm³/mol. The lowest BCUT2D eigenvalue weighted by Crippen LogP contribution is -2.32. The van der Waals surface area contributed by atoms with Gasteiger partial charge < -0.3 is 15.9 Å². The average Bonchev–Trinajstić information content (AvgIpc) is 2.18. The van der Waals surface area contributed by atoms with E-state index in [1.54, 1.807) is 0 Å². The molecular formula is C9H9ClFNO3. The molecule has 0 fully saturated rings. The molecule has 1 atom stereocenters. The molecule has 0 aliphatic heterocycles. The van der Waals surface area contributed by atoms with Crippen molar-refractivity contribution in [3.05, 3.63) is 28.5 Å². The Hall–Kier alpha value is -1.33. The zero-order valence-corrected chi connectivity index (χ0v) is 8.33. The third-order valence-electron chi connectivity index (χ3n) is 1.92. The first-order valence-electron chi connectivity index (χ1n) is 4.07. The van der Waals surface area contributed by atoms with Crippen LogP contribution in [0.4, 0.5) is 4.39 Å². The van der Waals surface area contributed by atoms with Gasteiger partial charge in [-0.25, -0.2) is 4.39 Å². The zero-order valence-electron chi connectivity index (χ0n) is 7.58. The lowest BCUT2D eigenvalue weighted by Gasteiger charge is -2.10. The highest BCUT2D eigenvalue weighted by atomic mass is 35.5. The third kappa shape index (κ3) is 2.57. The van der Waals surface area contributed by atoms with Crippen molar-refractivity contribution in [1.29, 1.82) is 0 Å². The zero-order chi connectivity index (χ0) is 11.6. The van der Waals surface area contributed by atoms with Crippen molar-refractivity contribution < 1.29 is 19.4 Å². The monoisotopic (exact) mass is 233 g/mol. The first-order valence-corrected chi connectivity index (χ1v) is 4.45. The van der Waals surface area contributed by atoms with Crippen molar-refractivity contribution in [3.63, 3.8) is 0 Å². The molecule has 0 saturated heterocycles. The Bertz CT molecular complexity index is 397. The number of halogens is 2. The molecule has 4 nitrogen and oxygen atoms in total. The number of hydrogen-bond acceptors (Lipinski definition) is 3. The fourth-order valence-corrected chi connectivity index (χ4v) is 1.26. The minimum atomic E-state index is -1.27. The van der Waals surface area contributed by atoms with Crippen molar-refractivity contribution in [3.8, 4) is 5.75 Å². The Labute approximate surface area is 90.1 Å². The minimum Gasteiger partial charge on any atom is -0.506 e. The van der Waals surface area contributed by atoms with Crippen LogP contribution < -0.4 is 5.73 Å². The molecule has 0 aromatic heterocycles. The van der Waals surface area contributed by atoms with Gasteiger partial charge in [0.1, 0.15) is 17.6 Å². The van der Waals surface area contributed by atoms with Crippen LogP contribution in [-0.4, -0.2) is 22.2 Å². The number of carboxylic acid groups (broad SMARTS) is 1. The van der Waals surface area contributed by atoms with E-state index in [1.165, 1.54) is 6.07 Å². The Kier molecular flexibility index (Phi) is 3.49. The molecule has 0 saturated carbocycles. The number of phenolic OH excluding ortho intramolecular Hbond substituents is 1. The fraction of sp³-hybridized carbons (Fsp3) is 0.222. The van der Waals surface area contributed by atoms with Crippen LogP contribution >= 0.6 is 11.6 Å². The fourth-order valence-electron chi connectivity index (χ4n) is 1.08. The van der Waals surface area contributed by atoms with Gasteiger partial charge in [0, 0.05) is 12.0 Å². The second-order valence-corrected chi connectivity index (χ2v) is 3.41. The molecule has 1 rings (SSSR count). The number of nitrogens with two attached hydrogens (primary N) is 1. The first kappa shape index (κ1) is 11.7. The number of aromatic hydroxyl groups is 1. The van der Waals surface area contributed by atoms with E-state index in [0.717, 1.165) is 6.07 Å². The van der Waals surface area contributed by atoms with Gasteiger partial charge in [0.15, 0.2) is 0 Å². The number of hydrogen-bond donors (Lipinski definition) is 3. The second kappa shape index (κ2) is 4.46. The Balaban J connectivity index is 3.03. The molecular weight excluding hydrogens is 225 g/mol. The Morgan fingerprint density at radius 3 is 2.73 bits per heavy atom. The lowest BCUT2D eigenvalue weighted by atomic mass is 10.0. The van der Waals surface area contributed by atoms with Gasteiger partial charge in [-0.2, -0.15) is 0 Å². The van der Waals surface area contributed by atoms with Crippen LogP contribution in [0.25, 0.3) is 0 Å². The number of aliphatic carboxylic acids is 1. The summed E-state index contributed by atoms with van der Waals surface area (Å²) < 4.78 is 13.2. The van der Waals surface area contributed by atoms with Gasteiger partial charge in [0.2, 0.25) is 0 Å². The molecule has 4 N–H and O–H groups in total. The lowest BCUT2D eigenvalue weighted by molar-refractivity contribution is -0.138. The molecule has 0 amide bonds. The van der Waals surface area contributed by atoms with E-state index < -0.39 is 23.6 Å². The van der Waals surface area contributed by atoms with Crippen molar-refractivity contribution >= 4 is 17.6 Å². The van der Waals surface area contributed by atoms with Crippen LogP contribution in [0.5, 0.6) is 5.75 Å². The standard InChI is InChI=1S/C9H9ClFNO3/c10-5-1-2-6(11)4(8(5)13)3-7(12)9(14)15/h1-2,7,13H,3,12H2,(H,14,15). The van der Waals surface area contributed by atoms with E-state index in [0.29, 0.717) is 0 Å². The van der Waals surface area contributed by atoms with Gasteiger partial charge in [-0.05, 0) is 12.1 Å². The summed E-state index contributed by atoms with van der Waals surface area (Å²) in [6.45, 7) is 0. The maximum atomic E-state index is 13.2. The maximum Gasteiger partial charge on any atom is 0.320 e. The normalized spacial score (nSPS) is 12.5. The van der Waals surface area contributed by atoms with Gasteiger partial charge >= 0.3 is 5.97 Å². The quantitative estimate of drug-likeness (QED) is 0.731. The number of rotatable bonds is 3. The number of benzene rings is 1. The predicted octanol–water partition coefficient (Wildman–Crippen LogP) is 1.14. The largest absolute Gasteiger partial charge is 0.506 e. The van der Waals surface area contributed by atoms with Gasteiger partial charge in [-0.1, -0.05) is 11.6 Å². The molecule has 1 aromatic carbocycles. The van der Waals surface area contributed by atoms with Gasteiger partial charge in [0.25, 0.3) is 0 Å². The Morgan fingerprint density at radius 1 is 1.60 bits per heavy atom. The molecule has 1 aromatic rings. The van der Waals surface area contributed by atoms with E-state index in [-0.39, 0.29) is 17.0 Å². The molecule has 0 heterocycles. The molecule has 6 heteroatoms. The molecule has 0 aliphatic rings. The van der Waals surface area contributed by atoms with Crippen LogP contribution in [0, 0.1) is 5.82 Å². The van der Waals surface area contributed by atoms with Crippen molar-refractivity contribution in [1.82, 2.24) is 0 Å². The van der Waals surface area contributed by atoms with Crippen molar-refractivity contribution in [2.45, 2.75) is 12.5 Å². The van der Waals surface area contributed by atoms with Crippen molar-refractivity contribution in [2.75, 3.05) is 0 Å². The van der Waals surface area contributed by atoms with E-state index in [2.05, 4.69) is 0 Å². The maximum absolute atomic E-state index is 13.2. The molecule has 0 aliphatic carbocycles. The van der Waals surface area contributed by atoms with Gasteiger partial charge in [0.05, 0.1) is 5.02 Å². The van der Waals surface area contributed by atoms with Crippen LogP contribution in [0.1, 0.15) is 5.56 Å². The van der Waals surface area contributed by atoms with E-state index in [9.17, 15) is 14.3 Å². The van der Waals surface area contributed by atoms with Crippen LogP contribution in [0.2, 0.25) is 5.02 Å². The first-order chi connectivity index (χ1) is 6.93. The second-order valence-electron chi connectivity index (χ2n) is 3.01. The molecule has 0 bridgehead atoms. The SMILES string of the molecule is NC(Cc1c(F)ccc(Cl)c1O)C(=O)O. The number of carbonyl (C=O) groups is 1. The summed E-state index contributed by atoms with van der Waals surface area (Å²) in [4.78, 5) is 10.4. The Morgan fingerprint density at radius 2 is 2.20 bits per heavy atom. The third-order valence-corrected chi connectivity index (χ3v) is 2.22. The highest BCUT2D eigenvalue weighted by Crippen LogP contribution is 2.29. The smallest absolute Gasteiger partial charge is 0.320 e. The number of phenols is 1. The van der Waals surface area contributed by atoms with Crippen LogP contribution in [0.3, 0.4) is 0 Å². The molecule has 15 heavy (non-hydrogen) atoms. The molecule has 82 valence electrons. The van der Waals surface area contributed by atoms with Crippen LogP contribution in [-0.2, 0) is 11.2 Å². The van der Waals surface area contributed by atoms with Crippen molar-refractivity contribution in [2.24, 2.45) is 5.73 Å². The summed E-state index contributed by atoms with van der Waals surface area (Å²) in [5.74, 6) is -2.46. The van der Waals surface area contributed by atoms with E-state index in [1.807, 2.05) is 0 Å². The van der Waals surface area contributed by atoms with Gasteiger partial charge in [-0.3, -0.25) is 4.79 Å². The van der Waals surface area contributed by atoms with E-state index >= 15 is 0 Å². The van der Waals surface area contributed by atoms with Crippen LogP contribution in [0.15, 0.2) is 12.1 Å². The summed E-state index contributed by atoms with van der Waals surface area (Å²) in [6.07, 6.45) is -0.312. The summed E-state index contributed by atoms with van der Waals surface area (Å²) in [7, 11) is 0. The summed E-state index contributed by atoms with van der Waals surface area (Å²) in [5, 5.41) is 17.9. The highest BCUT2D eigenvalue weighted by molar-refractivity contribution is 6.32. The summed E-state index contributed by atoms with van der Waals surface area (Å²) >= 11 is 5.54. The molecule has 0 radical (unpaired) electrons. The number of carboxylic acids is 1. The van der Waals surface area contributed by atoms with E-state index in [4.69, 9.17) is 22.4 Å². The molecule has 1 unspecified atom stereocenters.